The van der Waals surface area contributed by atoms with Crippen molar-refractivity contribution in [3.8, 4) is 5.75 Å². The minimum Gasteiger partial charge on any atom is -0.486 e. The molecule has 0 bridgehead atoms. The van der Waals surface area contributed by atoms with Gasteiger partial charge in [0.2, 0.25) is 0 Å². The molecular weight excluding hydrogens is 399 g/mol. The van der Waals surface area contributed by atoms with Crippen molar-refractivity contribution < 1.29 is 17.9 Å². The van der Waals surface area contributed by atoms with E-state index in [1.54, 1.807) is 6.08 Å². The van der Waals surface area contributed by atoms with Gasteiger partial charge in [-0.25, -0.2) is 0 Å². The second-order valence-electron chi connectivity index (χ2n) is 6.33. The Hall–Kier alpha value is -2.74. The van der Waals surface area contributed by atoms with Crippen LogP contribution in [0.15, 0.2) is 66.3 Å². The number of rotatable bonds is 8. The number of benzene rings is 2. The van der Waals surface area contributed by atoms with Crippen LogP contribution in [0, 0.1) is 6.92 Å². The number of halogens is 3. The molecule has 0 aliphatic heterocycles. The van der Waals surface area contributed by atoms with Gasteiger partial charge in [0.1, 0.15) is 12.4 Å². The number of nitrogens with zero attached hydrogens (tertiary/aromatic N) is 3. The molecule has 0 amide bonds. The Bertz CT molecular complexity index is 985. The molecule has 3 aromatic rings. The van der Waals surface area contributed by atoms with Crippen molar-refractivity contribution >= 4 is 11.8 Å². The smallest absolute Gasteiger partial charge is 0.416 e. The Morgan fingerprint density at radius 3 is 2.66 bits per heavy atom. The van der Waals surface area contributed by atoms with Crippen LogP contribution in [0.3, 0.4) is 0 Å². The van der Waals surface area contributed by atoms with Crippen molar-refractivity contribution in [2.24, 2.45) is 0 Å². The van der Waals surface area contributed by atoms with E-state index in [4.69, 9.17) is 4.74 Å². The third kappa shape index (κ3) is 5.41. The summed E-state index contributed by atoms with van der Waals surface area (Å²) in [7, 11) is 0. The van der Waals surface area contributed by atoms with Crippen LogP contribution in [-0.4, -0.2) is 14.8 Å². The topological polar surface area (TPSA) is 39.9 Å². The predicted octanol–water partition coefficient (Wildman–Crippen LogP) is 5.66. The highest BCUT2D eigenvalue weighted by molar-refractivity contribution is 7.98. The average molecular weight is 419 g/mol. The number of aromatic nitrogens is 3. The molecule has 1 aromatic heterocycles. The molecule has 0 fully saturated rings. The lowest BCUT2D eigenvalue weighted by atomic mass is 10.1. The van der Waals surface area contributed by atoms with Crippen molar-refractivity contribution in [3.05, 3.63) is 83.7 Å². The van der Waals surface area contributed by atoms with Crippen LogP contribution in [0.1, 0.15) is 22.5 Å². The zero-order valence-electron chi connectivity index (χ0n) is 15.8. The molecule has 0 spiro atoms. The predicted molar refractivity (Wildman–Crippen MR) is 107 cm³/mol. The summed E-state index contributed by atoms with van der Waals surface area (Å²) in [6.45, 7) is 6.29. The fraction of sp³-hybridized carbons (Fsp3) is 0.238. The van der Waals surface area contributed by atoms with E-state index in [0.29, 0.717) is 17.5 Å². The molecule has 1 heterocycles. The van der Waals surface area contributed by atoms with E-state index in [9.17, 15) is 13.2 Å². The molecule has 2 aromatic carbocycles. The molecular formula is C21H20F3N3OS. The number of hydrogen-bond donors (Lipinski definition) is 0. The molecule has 0 saturated heterocycles. The second kappa shape index (κ2) is 9.17. The standard InChI is InChI=1S/C21H20F3N3OS/c1-3-11-27-19(13-28-18-10-6-9-17(12-18)21(22,23)24)25-26-20(27)29-14-16-8-5-4-7-15(16)2/h3-10,12H,1,11,13-14H2,2H3. The van der Waals surface area contributed by atoms with Gasteiger partial charge in [0.05, 0.1) is 5.56 Å². The molecule has 8 heteroatoms. The summed E-state index contributed by atoms with van der Waals surface area (Å²) in [5.74, 6) is 1.38. The zero-order chi connectivity index (χ0) is 20.9. The Morgan fingerprint density at radius 2 is 1.93 bits per heavy atom. The van der Waals surface area contributed by atoms with Gasteiger partial charge in [-0.2, -0.15) is 13.2 Å². The van der Waals surface area contributed by atoms with Gasteiger partial charge in [-0.05, 0) is 36.2 Å². The summed E-state index contributed by atoms with van der Waals surface area (Å²) in [5.41, 5.74) is 1.65. The molecule has 0 unspecified atom stereocenters. The largest absolute Gasteiger partial charge is 0.486 e. The van der Waals surface area contributed by atoms with E-state index in [-0.39, 0.29) is 12.4 Å². The number of hydrogen-bond acceptors (Lipinski definition) is 4. The van der Waals surface area contributed by atoms with Crippen molar-refractivity contribution in [1.29, 1.82) is 0 Å². The molecule has 29 heavy (non-hydrogen) atoms. The maximum absolute atomic E-state index is 12.9. The molecule has 0 aliphatic rings. The maximum Gasteiger partial charge on any atom is 0.416 e. The monoisotopic (exact) mass is 419 g/mol. The van der Waals surface area contributed by atoms with Gasteiger partial charge in [0.15, 0.2) is 11.0 Å². The summed E-state index contributed by atoms with van der Waals surface area (Å²) >= 11 is 1.54. The molecule has 0 radical (unpaired) electrons. The van der Waals surface area contributed by atoms with Gasteiger partial charge in [-0.1, -0.05) is 48.2 Å². The quantitative estimate of drug-likeness (QED) is 0.349. The summed E-state index contributed by atoms with van der Waals surface area (Å²) in [6.07, 6.45) is -2.70. The summed E-state index contributed by atoms with van der Waals surface area (Å²) in [5, 5.41) is 9.07. The zero-order valence-corrected chi connectivity index (χ0v) is 16.6. The van der Waals surface area contributed by atoms with Gasteiger partial charge in [-0.15, -0.1) is 16.8 Å². The Morgan fingerprint density at radius 1 is 1.14 bits per heavy atom. The first-order chi connectivity index (χ1) is 13.9. The fourth-order valence-corrected chi connectivity index (χ4v) is 3.71. The number of thioether (sulfide) groups is 1. The molecule has 0 N–H and O–H groups in total. The van der Waals surface area contributed by atoms with Crippen molar-refractivity contribution in [3.63, 3.8) is 0 Å². The highest BCUT2D eigenvalue weighted by atomic mass is 32.2. The summed E-state index contributed by atoms with van der Waals surface area (Å²) in [4.78, 5) is 0. The van der Waals surface area contributed by atoms with Crippen LogP contribution in [0.4, 0.5) is 13.2 Å². The first kappa shape index (κ1) is 21.0. The van der Waals surface area contributed by atoms with Crippen LogP contribution in [0.2, 0.25) is 0 Å². The summed E-state index contributed by atoms with van der Waals surface area (Å²) < 4.78 is 46.0. The lowest BCUT2D eigenvalue weighted by Gasteiger charge is -2.11. The molecule has 4 nitrogen and oxygen atoms in total. The minimum absolute atomic E-state index is 0.00702. The van der Waals surface area contributed by atoms with Crippen molar-refractivity contribution in [2.45, 2.75) is 37.2 Å². The normalized spacial score (nSPS) is 11.4. The van der Waals surface area contributed by atoms with Gasteiger partial charge in [-0.3, -0.25) is 4.57 Å². The van der Waals surface area contributed by atoms with E-state index in [0.717, 1.165) is 17.9 Å². The Balaban J connectivity index is 1.72. The van der Waals surface area contributed by atoms with Gasteiger partial charge in [0.25, 0.3) is 0 Å². The average Bonchev–Trinajstić information content (AvgIpc) is 3.07. The van der Waals surface area contributed by atoms with Gasteiger partial charge < -0.3 is 4.74 Å². The van der Waals surface area contributed by atoms with Crippen LogP contribution in [-0.2, 0) is 25.1 Å². The Labute approximate surface area is 171 Å². The number of alkyl halides is 3. The number of aryl methyl sites for hydroxylation is 1. The highest BCUT2D eigenvalue weighted by Gasteiger charge is 2.30. The molecule has 152 valence electrons. The van der Waals surface area contributed by atoms with Crippen LogP contribution in [0.5, 0.6) is 5.75 Å². The van der Waals surface area contributed by atoms with E-state index < -0.39 is 11.7 Å². The molecule has 0 aliphatic carbocycles. The van der Waals surface area contributed by atoms with E-state index in [1.165, 1.54) is 35.0 Å². The number of allylic oxidation sites excluding steroid dienone is 1. The lowest BCUT2D eigenvalue weighted by Crippen LogP contribution is -2.08. The van der Waals surface area contributed by atoms with Crippen LogP contribution < -0.4 is 4.74 Å². The van der Waals surface area contributed by atoms with Crippen LogP contribution >= 0.6 is 11.8 Å². The molecule has 3 rings (SSSR count). The lowest BCUT2D eigenvalue weighted by molar-refractivity contribution is -0.137. The highest BCUT2D eigenvalue weighted by Crippen LogP contribution is 2.31. The molecule has 0 saturated carbocycles. The van der Waals surface area contributed by atoms with Crippen molar-refractivity contribution in [2.75, 3.05) is 0 Å². The van der Waals surface area contributed by atoms with Crippen LogP contribution in [0.25, 0.3) is 0 Å². The van der Waals surface area contributed by atoms with E-state index in [1.807, 2.05) is 16.7 Å². The second-order valence-corrected chi connectivity index (χ2v) is 7.27. The Kier molecular flexibility index (Phi) is 6.64. The van der Waals surface area contributed by atoms with Crippen molar-refractivity contribution in [1.82, 2.24) is 14.8 Å². The first-order valence-electron chi connectivity index (χ1n) is 8.89. The fourth-order valence-electron chi connectivity index (χ4n) is 2.67. The first-order valence-corrected chi connectivity index (χ1v) is 9.87. The van der Waals surface area contributed by atoms with Gasteiger partial charge >= 0.3 is 6.18 Å². The minimum atomic E-state index is -4.42. The van der Waals surface area contributed by atoms with E-state index >= 15 is 0 Å². The summed E-state index contributed by atoms with van der Waals surface area (Å²) in [6, 6.07) is 12.9. The maximum atomic E-state index is 12.9. The SMILES string of the molecule is C=CCn1c(COc2cccc(C(F)(F)F)c2)nnc1SCc1ccccc1C. The molecule has 0 atom stereocenters. The third-order valence-electron chi connectivity index (χ3n) is 4.25. The third-order valence-corrected chi connectivity index (χ3v) is 5.27. The van der Waals surface area contributed by atoms with E-state index in [2.05, 4.69) is 35.8 Å². The van der Waals surface area contributed by atoms with Gasteiger partial charge in [0, 0.05) is 12.3 Å². The number of ether oxygens (including phenoxy) is 1.